The molecule has 1 aliphatic heterocycles. The fourth-order valence-electron chi connectivity index (χ4n) is 2.95. The first-order valence-electron chi connectivity index (χ1n) is 9.05. The van der Waals surface area contributed by atoms with Gasteiger partial charge < -0.3 is 20.1 Å². The number of ether oxygens (including phenoxy) is 1. The number of nitrogens with one attached hydrogen (secondary N) is 1. The van der Waals surface area contributed by atoms with Gasteiger partial charge in [-0.3, -0.25) is 4.79 Å². The summed E-state index contributed by atoms with van der Waals surface area (Å²) in [6.07, 6.45) is 1.45. The average Bonchev–Trinajstić information content (AvgIpc) is 2.70. The minimum atomic E-state index is -0.597. The maximum absolute atomic E-state index is 12.5. The van der Waals surface area contributed by atoms with Crippen molar-refractivity contribution >= 4 is 23.3 Å². The van der Waals surface area contributed by atoms with E-state index < -0.39 is 6.10 Å². The van der Waals surface area contributed by atoms with Crippen LogP contribution >= 0.6 is 11.6 Å². The third-order valence-corrected chi connectivity index (χ3v) is 4.90. The summed E-state index contributed by atoms with van der Waals surface area (Å²) in [6, 6.07) is 11.2. The van der Waals surface area contributed by atoms with Gasteiger partial charge >= 0.3 is 0 Å². The molecule has 27 heavy (non-hydrogen) atoms. The Morgan fingerprint density at radius 2 is 2.04 bits per heavy atom. The highest BCUT2D eigenvalue weighted by Gasteiger charge is 2.21. The summed E-state index contributed by atoms with van der Waals surface area (Å²) in [4.78, 5) is 18.5. The molecule has 2 atom stereocenters. The molecule has 1 aromatic carbocycles. The van der Waals surface area contributed by atoms with Crippen LogP contribution in [0.15, 0.2) is 42.6 Å². The summed E-state index contributed by atoms with van der Waals surface area (Å²) >= 11 is 6.32. The average molecular weight is 390 g/mol. The minimum Gasteiger partial charge on any atom is -0.391 e. The number of hydrogen-bond acceptors (Lipinski definition) is 5. The number of carbonyl (C=O) groups is 1. The molecule has 0 saturated carbocycles. The zero-order valence-electron chi connectivity index (χ0n) is 15.3. The fourth-order valence-corrected chi connectivity index (χ4v) is 3.18. The first-order valence-corrected chi connectivity index (χ1v) is 9.43. The molecule has 0 spiro atoms. The number of aliphatic hydroxyl groups excluding tert-OH is 1. The van der Waals surface area contributed by atoms with E-state index in [2.05, 4.69) is 10.3 Å². The lowest BCUT2D eigenvalue weighted by atomic mass is 10.0. The lowest BCUT2D eigenvalue weighted by Gasteiger charge is -2.27. The van der Waals surface area contributed by atoms with Gasteiger partial charge in [-0.1, -0.05) is 41.9 Å². The molecule has 1 fully saturated rings. The number of morpholine rings is 1. The molecule has 1 saturated heterocycles. The van der Waals surface area contributed by atoms with Crippen molar-refractivity contribution in [3.05, 3.63) is 58.7 Å². The van der Waals surface area contributed by atoms with Gasteiger partial charge in [-0.05, 0) is 18.6 Å². The van der Waals surface area contributed by atoms with Gasteiger partial charge in [0.05, 0.1) is 35.9 Å². The van der Waals surface area contributed by atoms with E-state index in [9.17, 15) is 9.90 Å². The summed E-state index contributed by atoms with van der Waals surface area (Å²) in [7, 11) is 0. The molecule has 3 rings (SSSR count). The predicted octanol–water partition coefficient (Wildman–Crippen LogP) is 2.61. The maximum Gasteiger partial charge on any atom is 0.255 e. The van der Waals surface area contributed by atoms with Crippen molar-refractivity contribution in [1.29, 1.82) is 0 Å². The van der Waals surface area contributed by atoms with Crippen LogP contribution in [0, 0.1) is 0 Å². The molecule has 6 nitrogen and oxygen atoms in total. The third-order valence-electron chi connectivity index (χ3n) is 4.62. The number of benzene rings is 1. The van der Waals surface area contributed by atoms with Crippen molar-refractivity contribution in [2.24, 2.45) is 0 Å². The zero-order chi connectivity index (χ0) is 19.2. The number of amides is 1. The van der Waals surface area contributed by atoms with Crippen molar-refractivity contribution < 1.29 is 14.6 Å². The molecule has 2 N–H and O–H groups in total. The first kappa shape index (κ1) is 19.6. The number of aromatic nitrogens is 1. The van der Waals surface area contributed by atoms with Crippen LogP contribution in [0.4, 0.5) is 5.82 Å². The summed E-state index contributed by atoms with van der Waals surface area (Å²) in [6.45, 7) is 4.10. The van der Waals surface area contributed by atoms with Gasteiger partial charge in [0.2, 0.25) is 0 Å². The molecule has 1 aromatic heterocycles. The normalized spacial score (nSPS) is 16.6. The van der Waals surface area contributed by atoms with E-state index in [-0.39, 0.29) is 11.9 Å². The lowest BCUT2D eigenvalue weighted by Crippen LogP contribution is -2.40. The largest absolute Gasteiger partial charge is 0.391 e. The van der Waals surface area contributed by atoms with Gasteiger partial charge in [-0.2, -0.15) is 0 Å². The van der Waals surface area contributed by atoms with Crippen LogP contribution in [0.25, 0.3) is 0 Å². The van der Waals surface area contributed by atoms with Gasteiger partial charge in [0.15, 0.2) is 0 Å². The molecular weight excluding hydrogens is 366 g/mol. The highest BCUT2D eigenvalue weighted by atomic mass is 35.5. The molecule has 0 aliphatic carbocycles. The predicted molar refractivity (Wildman–Crippen MR) is 105 cm³/mol. The van der Waals surface area contributed by atoms with Crippen molar-refractivity contribution in [2.75, 3.05) is 31.6 Å². The third kappa shape index (κ3) is 5.19. The van der Waals surface area contributed by atoms with E-state index >= 15 is 0 Å². The summed E-state index contributed by atoms with van der Waals surface area (Å²) in [5, 5.41) is 13.9. The molecule has 2 heterocycles. The van der Waals surface area contributed by atoms with E-state index in [1.54, 1.807) is 11.0 Å². The van der Waals surface area contributed by atoms with Gasteiger partial charge in [-0.25, -0.2) is 4.98 Å². The number of nitrogens with zero attached hydrogens (tertiary/aromatic N) is 2. The first-order chi connectivity index (χ1) is 13.0. The Balaban J connectivity index is 1.62. The van der Waals surface area contributed by atoms with Crippen molar-refractivity contribution in [3.8, 4) is 0 Å². The molecule has 0 radical (unpaired) electrons. The zero-order valence-corrected chi connectivity index (χ0v) is 16.0. The second kappa shape index (κ2) is 9.17. The van der Waals surface area contributed by atoms with Crippen LogP contribution in [-0.2, 0) is 11.2 Å². The molecule has 144 valence electrons. The fraction of sp³-hybridized carbons (Fsp3) is 0.400. The number of rotatable bonds is 6. The number of carbonyl (C=O) groups excluding carboxylic acids is 1. The Bertz CT molecular complexity index is 766. The highest BCUT2D eigenvalue weighted by Crippen LogP contribution is 2.23. The van der Waals surface area contributed by atoms with E-state index in [0.717, 1.165) is 5.56 Å². The molecule has 1 amide bonds. The smallest absolute Gasteiger partial charge is 0.255 e. The van der Waals surface area contributed by atoms with Crippen molar-refractivity contribution in [2.45, 2.75) is 25.5 Å². The Hall–Kier alpha value is -2.15. The highest BCUT2D eigenvalue weighted by molar-refractivity contribution is 6.33. The molecule has 7 heteroatoms. The molecular formula is C20H24ClN3O3. The van der Waals surface area contributed by atoms with Gasteiger partial charge in [-0.15, -0.1) is 0 Å². The number of anilines is 1. The Labute approximate surface area is 164 Å². The second-order valence-electron chi connectivity index (χ2n) is 6.65. The van der Waals surface area contributed by atoms with Crippen LogP contribution in [0.5, 0.6) is 0 Å². The molecule has 2 aromatic rings. The topological polar surface area (TPSA) is 74.7 Å². The Morgan fingerprint density at radius 1 is 1.33 bits per heavy atom. The summed E-state index contributed by atoms with van der Waals surface area (Å²) in [5.74, 6) is 0.353. The van der Waals surface area contributed by atoms with E-state index in [4.69, 9.17) is 16.3 Å². The van der Waals surface area contributed by atoms with Gasteiger partial charge in [0.25, 0.3) is 5.91 Å². The summed E-state index contributed by atoms with van der Waals surface area (Å²) < 4.78 is 5.27. The lowest BCUT2D eigenvalue weighted by molar-refractivity contribution is 0.0302. The van der Waals surface area contributed by atoms with E-state index in [1.165, 1.54) is 6.20 Å². The van der Waals surface area contributed by atoms with Gasteiger partial charge in [0, 0.05) is 25.7 Å². The second-order valence-corrected chi connectivity index (χ2v) is 7.06. The number of pyridine rings is 1. The monoisotopic (exact) mass is 389 g/mol. The van der Waals surface area contributed by atoms with Crippen LogP contribution in [-0.4, -0.2) is 59.3 Å². The van der Waals surface area contributed by atoms with Crippen LogP contribution in [0.3, 0.4) is 0 Å². The standard InChI is InChI=1S/C20H24ClN3O3/c1-14(18(25)11-15-5-3-2-4-6-15)23-19-17(21)12-16(13-22-19)20(26)24-7-9-27-10-8-24/h2-6,12-14,18,25H,7-11H2,1H3,(H,22,23). The SMILES string of the molecule is CC(Nc1ncc(C(=O)N2CCOCC2)cc1Cl)C(O)Cc1ccccc1. The number of aliphatic hydroxyl groups is 1. The Kier molecular flexibility index (Phi) is 6.66. The van der Waals surface area contributed by atoms with E-state index in [0.29, 0.717) is 49.1 Å². The number of hydrogen-bond donors (Lipinski definition) is 2. The minimum absolute atomic E-state index is 0.101. The quantitative estimate of drug-likeness (QED) is 0.794. The van der Waals surface area contributed by atoms with Crippen LogP contribution in [0.1, 0.15) is 22.8 Å². The number of halogens is 1. The van der Waals surface area contributed by atoms with Crippen LogP contribution < -0.4 is 5.32 Å². The van der Waals surface area contributed by atoms with Crippen LogP contribution in [0.2, 0.25) is 5.02 Å². The Morgan fingerprint density at radius 3 is 2.70 bits per heavy atom. The van der Waals surface area contributed by atoms with E-state index in [1.807, 2.05) is 37.3 Å². The van der Waals surface area contributed by atoms with Gasteiger partial charge in [0.1, 0.15) is 5.82 Å². The summed E-state index contributed by atoms with van der Waals surface area (Å²) in [5.41, 5.74) is 1.51. The van der Waals surface area contributed by atoms with Crippen molar-refractivity contribution in [3.63, 3.8) is 0 Å². The molecule has 0 bridgehead atoms. The van der Waals surface area contributed by atoms with Crippen molar-refractivity contribution in [1.82, 2.24) is 9.88 Å². The molecule has 2 unspecified atom stereocenters. The maximum atomic E-state index is 12.5. The molecule has 1 aliphatic rings.